The highest BCUT2D eigenvalue weighted by Crippen LogP contribution is 2.64. The average Bonchev–Trinajstić information content (AvgIpc) is 3.26. The van der Waals surface area contributed by atoms with Gasteiger partial charge in [0.1, 0.15) is 22.5 Å². The summed E-state index contributed by atoms with van der Waals surface area (Å²) in [4.78, 5) is 13.7. The van der Waals surface area contributed by atoms with Crippen molar-refractivity contribution in [2.24, 2.45) is 40.4 Å². The van der Waals surface area contributed by atoms with Gasteiger partial charge in [-0.05, 0) is 77.9 Å². The summed E-state index contributed by atoms with van der Waals surface area (Å²) in [6, 6.07) is 6.47. The minimum atomic E-state index is -0.554. The van der Waals surface area contributed by atoms with Gasteiger partial charge in [0.15, 0.2) is 17.3 Å². The first kappa shape index (κ1) is 28.2. The van der Waals surface area contributed by atoms with Crippen LogP contribution in [0.2, 0.25) is 0 Å². The molecule has 1 heterocycles. The van der Waals surface area contributed by atoms with E-state index in [4.69, 9.17) is 9.15 Å². The van der Waals surface area contributed by atoms with Crippen molar-refractivity contribution in [2.75, 3.05) is 0 Å². The van der Waals surface area contributed by atoms with E-state index in [1.165, 1.54) is 24.3 Å². The molecule has 216 valence electrons. The normalized spacial score (nSPS) is 27.1. The Morgan fingerprint density at radius 1 is 0.850 bits per heavy atom. The van der Waals surface area contributed by atoms with E-state index in [2.05, 4.69) is 48.5 Å². The molecule has 2 aliphatic rings. The van der Waals surface area contributed by atoms with E-state index in [1.54, 1.807) is 0 Å². The molecule has 40 heavy (non-hydrogen) atoms. The van der Waals surface area contributed by atoms with Crippen molar-refractivity contribution in [3.8, 4) is 40.1 Å². The molecule has 3 aromatic rings. The van der Waals surface area contributed by atoms with Crippen molar-refractivity contribution in [1.82, 2.24) is 0 Å². The first-order chi connectivity index (χ1) is 18.6. The standard InChI is InChI=1S/C33H42O7/c1-16-27(32(2,3)4)25(28(16)33(5,6)7)17-8-10-20(12-17)39-31-29(38)26-23(37)14-19(34)15-24(26)40-30(31)18-9-11-21(35)22(36)13-18/h9,11,13-17,20,25,27-28,34-37H,8,10,12H2,1-7H3. The molecule has 0 spiro atoms. The number of hydrogen-bond acceptors (Lipinski definition) is 7. The summed E-state index contributed by atoms with van der Waals surface area (Å²) in [6.07, 6.45) is 2.40. The molecule has 4 atom stereocenters. The van der Waals surface area contributed by atoms with Crippen molar-refractivity contribution in [3.05, 3.63) is 40.6 Å². The first-order valence-corrected chi connectivity index (χ1v) is 14.3. The van der Waals surface area contributed by atoms with Crippen LogP contribution in [0.25, 0.3) is 22.3 Å². The maximum Gasteiger partial charge on any atom is 0.239 e. The van der Waals surface area contributed by atoms with Gasteiger partial charge in [0, 0.05) is 17.7 Å². The van der Waals surface area contributed by atoms with Crippen LogP contribution >= 0.6 is 0 Å². The van der Waals surface area contributed by atoms with Gasteiger partial charge in [-0.25, -0.2) is 0 Å². The van der Waals surface area contributed by atoms with Gasteiger partial charge in [0.05, 0.1) is 6.10 Å². The highest BCUT2D eigenvalue weighted by molar-refractivity contribution is 5.88. The predicted octanol–water partition coefficient (Wildman–Crippen LogP) is 7.42. The van der Waals surface area contributed by atoms with Gasteiger partial charge in [0.2, 0.25) is 11.2 Å². The Morgan fingerprint density at radius 2 is 1.50 bits per heavy atom. The van der Waals surface area contributed by atoms with E-state index in [-0.39, 0.29) is 56.7 Å². The van der Waals surface area contributed by atoms with Crippen molar-refractivity contribution in [3.63, 3.8) is 0 Å². The molecule has 7 nitrogen and oxygen atoms in total. The lowest BCUT2D eigenvalue weighted by Gasteiger charge is -2.63. The summed E-state index contributed by atoms with van der Waals surface area (Å²) in [5, 5.41) is 40.4. The molecule has 1 aromatic heterocycles. The molecule has 4 N–H and O–H groups in total. The molecule has 5 rings (SSSR count). The number of benzene rings is 2. The molecule has 2 aromatic carbocycles. The molecule has 7 heteroatoms. The third-order valence-electron chi connectivity index (χ3n) is 9.37. The lowest BCUT2D eigenvalue weighted by Crippen LogP contribution is -2.58. The topological polar surface area (TPSA) is 120 Å². The van der Waals surface area contributed by atoms with Gasteiger partial charge >= 0.3 is 0 Å². The number of hydrogen-bond donors (Lipinski definition) is 4. The van der Waals surface area contributed by atoms with Crippen LogP contribution in [0.1, 0.15) is 67.7 Å². The fourth-order valence-electron chi connectivity index (χ4n) is 8.15. The Kier molecular flexibility index (Phi) is 6.79. The fourth-order valence-corrected chi connectivity index (χ4v) is 8.15. The van der Waals surface area contributed by atoms with Gasteiger partial charge in [-0.1, -0.05) is 48.5 Å². The molecule has 0 saturated heterocycles. The highest BCUT2D eigenvalue weighted by Gasteiger charge is 2.59. The molecular formula is C33H42O7. The van der Waals surface area contributed by atoms with Gasteiger partial charge in [-0.2, -0.15) is 0 Å². The number of phenols is 4. The van der Waals surface area contributed by atoms with Gasteiger partial charge in [-0.15, -0.1) is 0 Å². The molecule has 0 radical (unpaired) electrons. The quantitative estimate of drug-likeness (QED) is 0.249. The lowest BCUT2D eigenvalue weighted by molar-refractivity contribution is -0.152. The number of aromatic hydroxyl groups is 4. The van der Waals surface area contributed by atoms with E-state index in [0.29, 0.717) is 35.2 Å². The van der Waals surface area contributed by atoms with Gasteiger partial charge in [0.25, 0.3) is 0 Å². The number of fused-ring (bicyclic) bond motifs is 1. The fraction of sp³-hybridized carbons (Fsp3) is 0.545. The number of phenolic OH excluding ortho intramolecular Hbond substituents is 4. The van der Waals surface area contributed by atoms with Crippen molar-refractivity contribution in [1.29, 1.82) is 0 Å². The molecular weight excluding hydrogens is 508 g/mol. The summed E-state index contributed by atoms with van der Waals surface area (Å²) in [5.74, 6) is 1.56. The first-order valence-electron chi connectivity index (χ1n) is 14.3. The average molecular weight is 551 g/mol. The minimum Gasteiger partial charge on any atom is -0.508 e. The van der Waals surface area contributed by atoms with Gasteiger partial charge < -0.3 is 29.6 Å². The zero-order chi connectivity index (χ0) is 29.3. The lowest BCUT2D eigenvalue weighted by atomic mass is 9.42. The third kappa shape index (κ3) is 4.77. The summed E-state index contributed by atoms with van der Waals surface area (Å²) in [5.41, 5.74) is 0.159. The smallest absolute Gasteiger partial charge is 0.239 e. The Morgan fingerprint density at radius 3 is 2.10 bits per heavy atom. The SMILES string of the molecule is CC1C(C(C)(C)C)C(C2CCC(Oc3c(-c4ccc(O)c(O)c4)oc4cc(O)cc(O)c4c3=O)C2)C1C(C)(C)C. The summed E-state index contributed by atoms with van der Waals surface area (Å²) in [7, 11) is 0. The Bertz CT molecular complexity index is 1470. The van der Waals surface area contributed by atoms with Crippen molar-refractivity contribution < 1.29 is 29.6 Å². The van der Waals surface area contributed by atoms with E-state index in [0.717, 1.165) is 25.3 Å². The van der Waals surface area contributed by atoms with Crippen LogP contribution in [-0.2, 0) is 0 Å². The maximum atomic E-state index is 13.7. The van der Waals surface area contributed by atoms with Crippen LogP contribution in [0.4, 0.5) is 0 Å². The zero-order valence-corrected chi connectivity index (χ0v) is 24.5. The number of rotatable bonds is 4. The molecule has 0 bridgehead atoms. The monoisotopic (exact) mass is 550 g/mol. The minimum absolute atomic E-state index is 0.00814. The molecule has 4 unspecified atom stereocenters. The zero-order valence-electron chi connectivity index (χ0n) is 24.5. The van der Waals surface area contributed by atoms with Crippen LogP contribution in [0.5, 0.6) is 28.7 Å². The van der Waals surface area contributed by atoms with E-state index < -0.39 is 11.2 Å². The molecule has 0 amide bonds. The molecule has 0 aliphatic heterocycles. The van der Waals surface area contributed by atoms with Crippen molar-refractivity contribution in [2.45, 2.75) is 73.8 Å². The van der Waals surface area contributed by atoms with Gasteiger partial charge in [-0.3, -0.25) is 4.79 Å². The molecule has 2 fully saturated rings. The Hall–Kier alpha value is -3.35. The Labute approximate surface area is 235 Å². The van der Waals surface area contributed by atoms with Crippen LogP contribution in [0, 0.1) is 40.4 Å². The van der Waals surface area contributed by atoms with Crippen LogP contribution in [0.15, 0.2) is 39.5 Å². The second-order valence-electron chi connectivity index (χ2n) is 14.2. The third-order valence-corrected chi connectivity index (χ3v) is 9.37. The van der Waals surface area contributed by atoms with Crippen molar-refractivity contribution >= 4 is 11.0 Å². The van der Waals surface area contributed by atoms with Crippen LogP contribution in [-0.4, -0.2) is 26.5 Å². The van der Waals surface area contributed by atoms with Crippen LogP contribution in [0.3, 0.4) is 0 Å². The van der Waals surface area contributed by atoms with E-state index in [1.807, 2.05) is 0 Å². The van der Waals surface area contributed by atoms with E-state index in [9.17, 15) is 25.2 Å². The Balaban J connectivity index is 1.52. The summed E-state index contributed by atoms with van der Waals surface area (Å²) >= 11 is 0. The summed E-state index contributed by atoms with van der Waals surface area (Å²) < 4.78 is 12.5. The van der Waals surface area contributed by atoms with E-state index >= 15 is 0 Å². The highest BCUT2D eigenvalue weighted by atomic mass is 16.5. The molecule has 2 aliphatic carbocycles. The summed E-state index contributed by atoms with van der Waals surface area (Å²) in [6.45, 7) is 16.4. The van der Waals surface area contributed by atoms with Crippen LogP contribution < -0.4 is 10.2 Å². The number of ether oxygens (including phenoxy) is 1. The largest absolute Gasteiger partial charge is 0.508 e. The predicted molar refractivity (Wildman–Crippen MR) is 155 cm³/mol. The second-order valence-corrected chi connectivity index (χ2v) is 14.2. The molecule has 2 saturated carbocycles. The second kappa shape index (κ2) is 9.64. The maximum absolute atomic E-state index is 13.7.